The zero-order valence-electron chi connectivity index (χ0n) is 15.1. The summed E-state index contributed by atoms with van der Waals surface area (Å²) in [5.41, 5.74) is 1.83. The van der Waals surface area contributed by atoms with Gasteiger partial charge < -0.3 is 10.1 Å². The lowest BCUT2D eigenvalue weighted by Crippen LogP contribution is -2.37. The van der Waals surface area contributed by atoms with Gasteiger partial charge in [0.1, 0.15) is 11.6 Å². The summed E-state index contributed by atoms with van der Waals surface area (Å²) in [5.74, 6) is 1.60. The Labute approximate surface area is 153 Å². The number of hydrogen-bond donors (Lipinski definition) is 1. The fraction of sp³-hybridized carbons (Fsp3) is 0.421. The molecule has 0 bridgehead atoms. The van der Waals surface area contributed by atoms with Crippen LogP contribution in [0.3, 0.4) is 0 Å². The molecule has 0 unspecified atom stereocenters. The van der Waals surface area contributed by atoms with E-state index < -0.39 is 0 Å². The van der Waals surface area contributed by atoms with E-state index in [9.17, 15) is 0 Å². The number of para-hydroxylation sites is 1. The van der Waals surface area contributed by atoms with E-state index in [1.165, 1.54) is 0 Å². The molecule has 1 saturated heterocycles. The summed E-state index contributed by atoms with van der Waals surface area (Å²) in [5, 5.41) is 8.94. The highest BCUT2D eigenvalue weighted by molar-refractivity contribution is 5.87. The highest BCUT2D eigenvalue weighted by Gasteiger charge is 2.13. The lowest BCUT2D eigenvalue weighted by molar-refractivity contribution is 0.0378. The second-order valence-electron chi connectivity index (χ2n) is 6.48. The van der Waals surface area contributed by atoms with Crippen molar-refractivity contribution in [1.82, 2.24) is 24.6 Å². The quantitative estimate of drug-likeness (QED) is 0.687. The van der Waals surface area contributed by atoms with Gasteiger partial charge in [-0.05, 0) is 32.0 Å². The molecule has 7 heteroatoms. The summed E-state index contributed by atoms with van der Waals surface area (Å²) >= 11 is 0. The van der Waals surface area contributed by atoms with Crippen LogP contribution in [0, 0.1) is 6.92 Å². The molecular formula is C19H24N6O. The largest absolute Gasteiger partial charge is 0.379 e. The lowest BCUT2D eigenvalue weighted by atomic mass is 10.3. The number of aromatic nitrogens is 4. The van der Waals surface area contributed by atoms with Gasteiger partial charge in [0.05, 0.1) is 30.5 Å². The number of ether oxygens (including phenoxy) is 1. The average molecular weight is 352 g/mol. The Morgan fingerprint density at radius 1 is 1.12 bits per heavy atom. The zero-order chi connectivity index (χ0) is 17.8. The van der Waals surface area contributed by atoms with E-state index in [1.54, 1.807) is 0 Å². The predicted molar refractivity (Wildman–Crippen MR) is 102 cm³/mol. The fourth-order valence-corrected chi connectivity index (χ4v) is 3.24. The van der Waals surface area contributed by atoms with Crippen LogP contribution in [0.1, 0.15) is 12.2 Å². The molecule has 0 amide bonds. The van der Waals surface area contributed by atoms with Crippen molar-refractivity contribution in [2.24, 2.45) is 0 Å². The minimum absolute atomic E-state index is 0.742. The third-order valence-corrected chi connectivity index (χ3v) is 4.59. The van der Waals surface area contributed by atoms with Gasteiger partial charge in [-0.2, -0.15) is 5.10 Å². The van der Waals surface area contributed by atoms with Crippen LogP contribution in [0.5, 0.6) is 0 Å². The van der Waals surface area contributed by atoms with E-state index in [0.29, 0.717) is 0 Å². The highest BCUT2D eigenvalue weighted by Crippen LogP contribution is 2.22. The van der Waals surface area contributed by atoms with E-state index in [-0.39, 0.29) is 0 Å². The predicted octanol–water partition coefficient (Wildman–Crippen LogP) is 2.26. The Balaban J connectivity index is 1.48. The molecule has 0 atom stereocenters. The summed E-state index contributed by atoms with van der Waals surface area (Å²) in [6.45, 7) is 7.62. The van der Waals surface area contributed by atoms with E-state index in [4.69, 9.17) is 4.74 Å². The van der Waals surface area contributed by atoms with Gasteiger partial charge in [0, 0.05) is 19.6 Å². The monoisotopic (exact) mass is 352 g/mol. The molecule has 0 saturated carbocycles. The molecule has 0 radical (unpaired) electrons. The van der Waals surface area contributed by atoms with E-state index >= 15 is 0 Å². The van der Waals surface area contributed by atoms with Gasteiger partial charge in [0.25, 0.3) is 0 Å². The number of morpholine rings is 1. The summed E-state index contributed by atoms with van der Waals surface area (Å²) < 4.78 is 7.26. The van der Waals surface area contributed by atoms with Gasteiger partial charge in [0.2, 0.25) is 0 Å². The van der Waals surface area contributed by atoms with Gasteiger partial charge in [0.15, 0.2) is 5.65 Å². The summed E-state index contributed by atoms with van der Waals surface area (Å²) in [6, 6.07) is 10.1. The molecular weight excluding hydrogens is 328 g/mol. The number of rotatable bonds is 6. The van der Waals surface area contributed by atoms with Crippen molar-refractivity contribution < 1.29 is 4.74 Å². The Kier molecular flexibility index (Phi) is 5.08. The first-order chi connectivity index (χ1) is 12.8. The summed E-state index contributed by atoms with van der Waals surface area (Å²) in [6.07, 6.45) is 2.91. The van der Waals surface area contributed by atoms with E-state index in [2.05, 4.69) is 25.3 Å². The zero-order valence-corrected chi connectivity index (χ0v) is 15.1. The van der Waals surface area contributed by atoms with Gasteiger partial charge in [-0.15, -0.1) is 0 Å². The van der Waals surface area contributed by atoms with Crippen LogP contribution in [0.4, 0.5) is 5.82 Å². The Bertz CT molecular complexity index is 857. The normalized spacial score (nSPS) is 15.4. The molecule has 1 aliphatic rings. The van der Waals surface area contributed by atoms with Crippen LogP contribution in [-0.4, -0.2) is 64.0 Å². The minimum Gasteiger partial charge on any atom is -0.379 e. The second-order valence-corrected chi connectivity index (χ2v) is 6.48. The second kappa shape index (κ2) is 7.80. The third kappa shape index (κ3) is 3.68. The Hall–Kier alpha value is -2.51. The molecule has 1 aliphatic heterocycles. The van der Waals surface area contributed by atoms with Crippen LogP contribution in [-0.2, 0) is 4.74 Å². The molecule has 1 N–H and O–H groups in total. The first-order valence-electron chi connectivity index (χ1n) is 9.13. The van der Waals surface area contributed by atoms with Crippen molar-refractivity contribution in [2.45, 2.75) is 13.3 Å². The van der Waals surface area contributed by atoms with Gasteiger partial charge in [-0.1, -0.05) is 18.2 Å². The maximum Gasteiger partial charge on any atom is 0.168 e. The van der Waals surface area contributed by atoms with Crippen molar-refractivity contribution in [3.05, 3.63) is 42.4 Å². The number of nitrogens with zero attached hydrogens (tertiary/aromatic N) is 5. The van der Waals surface area contributed by atoms with Crippen LogP contribution >= 0.6 is 0 Å². The molecule has 3 aromatic rings. The van der Waals surface area contributed by atoms with E-state index in [1.807, 2.05) is 48.1 Å². The van der Waals surface area contributed by atoms with Crippen LogP contribution in [0.2, 0.25) is 0 Å². The first kappa shape index (κ1) is 16.9. The number of benzene rings is 1. The molecule has 4 rings (SSSR count). The highest BCUT2D eigenvalue weighted by atomic mass is 16.5. The van der Waals surface area contributed by atoms with Crippen molar-refractivity contribution in [3.63, 3.8) is 0 Å². The maximum absolute atomic E-state index is 5.39. The van der Waals surface area contributed by atoms with Crippen molar-refractivity contribution in [1.29, 1.82) is 0 Å². The fourth-order valence-electron chi connectivity index (χ4n) is 3.24. The van der Waals surface area contributed by atoms with Crippen molar-refractivity contribution in [2.75, 3.05) is 44.7 Å². The SMILES string of the molecule is Cc1nc(NCCCN2CCOCC2)c2cnn(-c3ccccc3)c2n1. The molecule has 136 valence electrons. The summed E-state index contributed by atoms with van der Waals surface area (Å²) in [4.78, 5) is 11.6. The third-order valence-electron chi connectivity index (χ3n) is 4.59. The van der Waals surface area contributed by atoms with E-state index in [0.717, 1.165) is 74.2 Å². The van der Waals surface area contributed by atoms with Crippen molar-refractivity contribution in [3.8, 4) is 5.69 Å². The molecule has 1 aromatic carbocycles. The van der Waals surface area contributed by atoms with Gasteiger partial charge >= 0.3 is 0 Å². The van der Waals surface area contributed by atoms with Gasteiger partial charge in [-0.25, -0.2) is 14.6 Å². The minimum atomic E-state index is 0.742. The molecule has 2 aromatic heterocycles. The molecule has 0 spiro atoms. The maximum atomic E-state index is 5.39. The molecule has 7 nitrogen and oxygen atoms in total. The number of fused-ring (bicyclic) bond motifs is 1. The van der Waals surface area contributed by atoms with Crippen LogP contribution < -0.4 is 5.32 Å². The standard InChI is InChI=1S/C19H24N6O/c1-15-22-18(20-8-5-9-24-10-12-26-13-11-24)17-14-21-25(19(17)23-15)16-6-3-2-4-7-16/h2-4,6-7,14H,5,8-13H2,1H3,(H,20,22,23). The average Bonchev–Trinajstić information content (AvgIpc) is 3.10. The van der Waals surface area contributed by atoms with Gasteiger partial charge in [-0.3, -0.25) is 4.90 Å². The number of anilines is 1. The van der Waals surface area contributed by atoms with Crippen LogP contribution in [0.15, 0.2) is 36.5 Å². The topological polar surface area (TPSA) is 68.1 Å². The number of hydrogen-bond acceptors (Lipinski definition) is 6. The Morgan fingerprint density at radius 3 is 2.73 bits per heavy atom. The molecule has 1 fully saturated rings. The summed E-state index contributed by atoms with van der Waals surface area (Å²) in [7, 11) is 0. The number of nitrogens with one attached hydrogen (secondary N) is 1. The molecule has 26 heavy (non-hydrogen) atoms. The van der Waals surface area contributed by atoms with Crippen LogP contribution in [0.25, 0.3) is 16.7 Å². The Morgan fingerprint density at radius 2 is 1.92 bits per heavy atom. The lowest BCUT2D eigenvalue weighted by Gasteiger charge is -2.26. The molecule has 3 heterocycles. The smallest absolute Gasteiger partial charge is 0.168 e. The first-order valence-corrected chi connectivity index (χ1v) is 9.13. The number of aryl methyl sites for hydroxylation is 1. The molecule has 0 aliphatic carbocycles. The van der Waals surface area contributed by atoms with Crippen molar-refractivity contribution >= 4 is 16.9 Å².